The molecule has 4 rings (SSSR count). The summed E-state index contributed by atoms with van der Waals surface area (Å²) in [7, 11) is 1.47. The highest BCUT2D eigenvalue weighted by Gasteiger charge is 2.17. The van der Waals surface area contributed by atoms with Gasteiger partial charge in [-0.1, -0.05) is 29.8 Å². The third-order valence-electron chi connectivity index (χ3n) is 5.71. The van der Waals surface area contributed by atoms with Gasteiger partial charge in [-0.25, -0.2) is 4.98 Å². The number of hydrogen-bond donors (Lipinski definition) is 2. The Morgan fingerprint density at radius 1 is 1.08 bits per heavy atom. The Morgan fingerprint density at radius 3 is 2.59 bits per heavy atom. The van der Waals surface area contributed by atoms with Crippen LogP contribution in [0.15, 0.2) is 53.6 Å². The number of methoxy groups -OCH3 is 2. The minimum atomic E-state index is -1.56. The molecule has 0 saturated heterocycles. The minimum Gasteiger partial charge on any atom is -0.493 e. The first kappa shape index (κ1) is 28.2. The Balaban J connectivity index is 1.36. The fraction of sp³-hybridized carbons (Fsp3) is 0.308. The van der Waals surface area contributed by atoms with Gasteiger partial charge in [0, 0.05) is 12.1 Å². The molecule has 0 bridgehead atoms. The Kier molecular flexibility index (Phi) is 9.61. The van der Waals surface area contributed by atoms with E-state index >= 15 is 0 Å². The van der Waals surface area contributed by atoms with Crippen LogP contribution >= 0.6 is 8.38 Å². The number of benzene rings is 2. The summed E-state index contributed by atoms with van der Waals surface area (Å²) in [4.78, 5) is 35.5. The number of nitrogen functional groups attached to an aromatic ring is 1. The normalized spacial score (nSPS) is 12.0. The number of hydrogen-bond acceptors (Lipinski definition) is 10. The number of imidazole rings is 1. The molecule has 206 valence electrons. The monoisotopic (exact) mass is 555 g/mol. The number of carbonyl (C=O) groups is 1. The van der Waals surface area contributed by atoms with Gasteiger partial charge in [0.25, 0.3) is 5.56 Å². The van der Waals surface area contributed by atoms with Gasteiger partial charge in [0.2, 0.25) is 5.95 Å². The number of H-pyrrole nitrogens is 1. The van der Waals surface area contributed by atoms with Crippen molar-refractivity contribution in [2.45, 2.75) is 20.1 Å². The molecule has 0 fully saturated rings. The minimum absolute atomic E-state index is 0.00995. The number of nitrogens with zero attached hydrogens (tertiary/aromatic N) is 3. The lowest BCUT2D eigenvalue weighted by Crippen LogP contribution is -2.13. The van der Waals surface area contributed by atoms with Gasteiger partial charge in [-0.2, -0.15) is 4.98 Å². The number of aromatic nitrogens is 4. The van der Waals surface area contributed by atoms with E-state index in [0.717, 1.165) is 11.1 Å². The van der Waals surface area contributed by atoms with Gasteiger partial charge in [0.1, 0.15) is 13.0 Å². The zero-order valence-corrected chi connectivity index (χ0v) is 22.8. The van der Waals surface area contributed by atoms with E-state index < -0.39 is 13.9 Å². The summed E-state index contributed by atoms with van der Waals surface area (Å²) in [6.45, 7) is 2.75. The van der Waals surface area contributed by atoms with Crippen molar-refractivity contribution in [1.82, 2.24) is 19.5 Å². The van der Waals surface area contributed by atoms with Crippen molar-refractivity contribution in [3.63, 3.8) is 0 Å². The summed E-state index contributed by atoms with van der Waals surface area (Å²) in [5.74, 6) is 0.756. The van der Waals surface area contributed by atoms with Gasteiger partial charge >= 0.3 is 0 Å². The quantitative estimate of drug-likeness (QED) is 0.134. The molecule has 3 N–H and O–H groups in total. The summed E-state index contributed by atoms with van der Waals surface area (Å²) in [5, 5.41) is 0. The molecule has 13 heteroatoms. The van der Waals surface area contributed by atoms with Crippen molar-refractivity contribution in [2.75, 3.05) is 39.5 Å². The fourth-order valence-corrected chi connectivity index (χ4v) is 4.66. The van der Waals surface area contributed by atoms with Crippen LogP contribution in [-0.4, -0.2) is 59.1 Å². The molecule has 0 aliphatic carbocycles. The highest BCUT2D eigenvalue weighted by Crippen LogP contribution is 2.39. The topological polar surface area (TPSA) is 153 Å². The molecule has 2 heterocycles. The second kappa shape index (κ2) is 13.3. The molecule has 0 spiro atoms. The Bertz CT molecular complexity index is 1470. The first-order chi connectivity index (χ1) is 18.9. The van der Waals surface area contributed by atoms with E-state index in [-0.39, 0.29) is 36.8 Å². The van der Waals surface area contributed by atoms with Crippen LogP contribution in [0.3, 0.4) is 0 Å². The molecular formula is C26H30N5O7P. The Morgan fingerprint density at radius 2 is 1.85 bits per heavy atom. The summed E-state index contributed by atoms with van der Waals surface area (Å²) in [6, 6.07) is 12.9. The number of anilines is 1. The Labute approximate surface area is 225 Å². The molecule has 1 unspecified atom stereocenters. The number of nitrogens with one attached hydrogen (secondary N) is 1. The summed E-state index contributed by atoms with van der Waals surface area (Å²) in [5.41, 5.74) is 8.37. The maximum atomic E-state index is 12.8. The number of Topliss-reactive ketones (excluding diaryl/α,β-unsaturated/α-hetero) is 1. The average molecular weight is 556 g/mol. The predicted octanol–water partition coefficient (Wildman–Crippen LogP) is 3.43. The van der Waals surface area contributed by atoms with E-state index in [0.29, 0.717) is 35.9 Å². The molecule has 39 heavy (non-hydrogen) atoms. The van der Waals surface area contributed by atoms with Crippen molar-refractivity contribution in [3.8, 4) is 11.5 Å². The Hall–Kier alpha value is -3.83. The van der Waals surface area contributed by atoms with E-state index in [1.165, 1.54) is 20.5 Å². The smallest absolute Gasteiger partial charge is 0.280 e. The second-order valence-electron chi connectivity index (χ2n) is 8.46. The zero-order chi connectivity index (χ0) is 27.8. The zero-order valence-electron chi connectivity index (χ0n) is 21.9. The van der Waals surface area contributed by atoms with Gasteiger partial charge in [-0.3, -0.25) is 14.6 Å². The molecule has 2 aromatic heterocycles. The number of ether oxygens (including phenoxy) is 3. The average Bonchev–Trinajstić information content (AvgIpc) is 3.35. The van der Waals surface area contributed by atoms with Gasteiger partial charge in [0.15, 0.2) is 36.8 Å². The highest BCUT2D eigenvalue weighted by atomic mass is 31.2. The van der Waals surface area contributed by atoms with Crippen LogP contribution in [-0.2, 0) is 26.9 Å². The lowest BCUT2D eigenvalue weighted by molar-refractivity contribution is 0.0896. The molecule has 2 aromatic carbocycles. The molecule has 12 nitrogen and oxygen atoms in total. The van der Waals surface area contributed by atoms with E-state index in [9.17, 15) is 9.59 Å². The first-order valence-corrected chi connectivity index (χ1v) is 13.4. The van der Waals surface area contributed by atoms with Gasteiger partial charge in [-0.15, -0.1) is 0 Å². The van der Waals surface area contributed by atoms with E-state index in [1.807, 2.05) is 31.2 Å². The lowest BCUT2D eigenvalue weighted by atomic mass is 10.1. The molecule has 0 radical (unpaired) electrons. The fourth-order valence-electron chi connectivity index (χ4n) is 3.60. The largest absolute Gasteiger partial charge is 0.493 e. The molecule has 0 aliphatic rings. The molecule has 0 aliphatic heterocycles. The van der Waals surface area contributed by atoms with Crippen molar-refractivity contribution >= 4 is 31.3 Å². The molecule has 0 amide bonds. The number of carbonyl (C=O) groups excluding carboxylic acids is 1. The van der Waals surface area contributed by atoms with Crippen molar-refractivity contribution in [3.05, 3.63) is 75.8 Å². The van der Waals surface area contributed by atoms with Crippen LogP contribution in [0.25, 0.3) is 11.2 Å². The van der Waals surface area contributed by atoms with Crippen molar-refractivity contribution in [2.24, 2.45) is 0 Å². The summed E-state index contributed by atoms with van der Waals surface area (Å²) >= 11 is 0. The van der Waals surface area contributed by atoms with E-state index in [2.05, 4.69) is 15.0 Å². The summed E-state index contributed by atoms with van der Waals surface area (Å²) < 4.78 is 29.9. The molecule has 1 atom stereocenters. The van der Waals surface area contributed by atoms with E-state index in [1.54, 1.807) is 22.8 Å². The van der Waals surface area contributed by atoms with Gasteiger partial charge in [0.05, 0.1) is 33.8 Å². The van der Waals surface area contributed by atoms with Crippen LogP contribution in [0.4, 0.5) is 5.95 Å². The second-order valence-corrected chi connectivity index (χ2v) is 9.90. The van der Waals surface area contributed by atoms with Gasteiger partial charge < -0.3 is 33.6 Å². The van der Waals surface area contributed by atoms with Crippen LogP contribution < -0.4 is 20.8 Å². The maximum Gasteiger partial charge on any atom is 0.280 e. The molecule has 0 saturated carbocycles. The lowest BCUT2D eigenvalue weighted by Gasteiger charge is -2.18. The van der Waals surface area contributed by atoms with Crippen molar-refractivity contribution in [1.29, 1.82) is 0 Å². The standard InChI is InChI=1S/C26H30N5O7P/c1-17-4-6-18(7-5-17)13-37-39(38-14-20(32)19-8-9-21(34-2)22(12-19)35-3)16-36-11-10-31-15-28-23-24(31)29-26(27)30-25(23)33/h4-9,12,15H,10-11,13-14,16H2,1-3H3,(H3,27,29,30,33). The molecule has 4 aromatic rings. The number of aromatic amines is 1. The SMILES string of the molecule is COc1ccc(C(=O)COP(COCCn2cnc3c(=O)[nH]c(N)nc32)OCc2ccc(C)cc2)cc1OC. The van der Waals surface area contributed by atoms with Crippen LogP contribution in [0.1, 0.15) is 21.5 Å². The first-order valence-electron chi connectivity index (χ1n) is 12.0. The molecular weight excluding hydrogens is 525 g/mol. The van der Waals surface area contributed by atoms with Crippen molar-refractivity contribution < 1.29 is 28.1 Å². The number of rotatable bonds is 14. The van der Waals surface area contributed by atoms with Crippen LogP contribution in [0.2, 0.25) is 0 Å². The predicted molar refractivity (Wildman–Crippen MR) is 146 cm³/mol. The highest BCUT2D eigenvalue weighted by molar-refractivity contribution is 7.47. The van der Waals surface area contributed by atoms with Crippen LogP contribution in [0, 0.1) is 6.92 Å². The van der Waals surface area contributed by atoms with E-state index in [4.69, 9.17) is 29.0 Å². The third-order valence-corrected chi connectivity index (χ3v) is 6.93. The third kappa shape index (κ3) is 7.39. The number of aryl methyl sites for hydroxylation is 1. The summed E-state index contributed by atoms with van der Waals surface area (Å²) in [6.07, 6.45) is 1.63. The maximum absolute atomic E-state index is 12.8. The number of nitrogens with two attached hydrogens (primary N) is 1. The van der Waals surface area contributed by atoms with Gasteiger partial charge in [-0.05, 0) is 30.7 Å². The van der Waals surface area contributed by atoms with Crippen LogP contribution in [0.5, 0.6) is 11.5 Å². The number of fused-ring (bicyclic) bond motifs is 1. The number of ketones is 1.